The summed E-state index contributed by atoms with van der Waals surface area (Å²) in [4.78, 5) is 17.3. The monoisotopic (exact) mass is 307 g/mol. The van der Waals surface area contributed by atoms with Crippen LogP contribution in [0.15, 0.2) is 18.2 Å². The molecule has 3 rings (SSSR count). The fraction of sp³-hybridized carbons (Fsp3) is 0.400. The van der Waals surface area contributed by atoms with E-state index in [9.17, 15) is 9.18 Å². The van der Waals surface area contributed by atoms with Crippen LogP contribution in [0.4, 0.5) is 10.1 Å². The van der Waals surface area contributed by atoms with Crippen molar-refractivity contribution in [3.63, 3.8) is 0 Å². The molecule has 0 radical (unpaired) electrons. The van der Waals surface area contributed by atoms with E-state index in [1.54, 1.807) is 6.07 Å². The number of nitrogens with zero attached hydrogens (tertiary/aromatic N) is 2. The fourth-order valence-corrected chi connectivity index (χ4v) is 3.71. The number of halogens is 1. The minimum atomic E-state index is -0.331. The number of amides is 1. The first-order chi connectivity index (χ1) is 10.1. The van der Waals surface area contributed by atoms with Gasteiger partial charge in [-0.15, -0.1) is 11.3 Å². The summed E-state index contributed by atoms with van der Waals surface area (Å²) in [5.74, 6) is -0.369. The molecule has 112 valence electrons. The van der Waals surface area contributed by atoms with E-state index in [1.807, 2.05) is 4.90 Å². The maximum Gasteiger partial charge on any atom is 0.266 e. The molecule has 2 N–H and O–H groups in total. The molecule has 1 amide bonds. The highest BCUT2D eigenvalue weighted by molar-refractivity contribution is 7.21. The number of thiophene rings is 1. The lowest BCUT2D eigenvalue weighted by Crippen LogP contribution is -2.34. The van der Waals surface area contributed by atoms with Crippen molar-refractivity contribution in [3.8, 4) is 0 Å². The second-order valence-electron chi connectivity index (χ2n) is 5.43. The third kappa shape index (κ3) is 2.73. The second-order valence-corrected chi connectivity index (χ2v) is 6.49. The van der Waals surface area contributed by atoms with Gasteiger partial charge in [0.1, 0.15) is 10.7 Å². The predicted molar refractivity (Wildman–Crippen MR) is 84.2 cm³/mol. The van der Waals surface area contributed by atoms with Gasteiger partial charge in [-0.1, -0.05) is 0 Å². The van der Waals surface area contributed by atoms with Gasteiger partial charge in [-0.05, 0) is 38.2 Å². The minimum Gasteiger partial charge on any atom is -0.397 e. The second kappa shape index (κ2) is 5.61. The summed E-state index contributed by atoms with van der Waals surface area (Å²) < 4.78 is 14.2. The zero-order valence-corrected chi connectivity index (χ0v) is 12.8. The normalized spacial score (nSPS) is 17.1. The van der Waals surface area contributed by atoms with E-state index in [0.29, 0.717) is 22.5 Å². The van der Waals surface area contributed by atoms with Crippen molar-refractivity contribution in [1.82, 2.24) is 9.80 Å². The number of anilines is 1. The van der Waals surface area contributed by atoms with Crippen molar-refractivity contribution in [2.45, 2.75) is 6.42 Å². The molecule has 0 saturated carbocycles. The molecule has 6 heteroatoms. The van der Waals surface area contributed by atoms with Crippen LogP contribution in [0.1, 0.15) is 16.1 Å². The molecular formula is C15H18FN3OS. The van der Waals surface area contributed by atoms with Gasteiger partial charge in [0, 0.05) is 29.7 Å². The Morgan fingerprint density at radius 3 is 2.90 bits per heavy atom. The smallest absolute Gasteiger partial charge is 0.266 e. The summed E-state index contributed by atoms with van der Waals surface area (Å²) in [6.45, 7) is 3.31. The molecule has 2 heterocycles. The van der Waals surface area contributed by atoms with Gasteiger partial charge in [-0.25, -0.2) is 4.39 Å². The van der Waals surface area contributed by atoms with E-state index < -0.39 is 0 Å². The Labute approximate surface area is 126 Å². The Kier molecular flexibility index (Phi) is 3.82. The molecule has 0 bridgehead atoms. The molecule has 0 atom stereocenters. The van der Waals surface area contributed by atoms with Crippen LogP contribution in [0.5, 0.6) is 0 Å². The molecule has 1 saturated heterocycles. The van der Waals surface area contributed by atoms with Gasteiger partial charge in [-0.3, -0.25) is 4.79 Å². The average molecular weight is 307 g/mol. The number of carbonyl (C=O) groups is 1. The zero-order valence-electron chi connectivity index (χ0n) is 11.9. The maximum absolute atomic E-state index is 13.3. The third-order valence-electron chi connectivity index (χ3n) is 3.89. The highest BCUT2D eigenvalue weighted by Crippen LogP contribution is 2.35. The van der Waals surface area contributed by atoms with E-state index in [2.05, 4.69) is 11.9 Å². The summed E-state index contributed by atoms with van der Waals surface area (Å²) in [7, 11) is 2.06. The van der Waals surface area contributed by atoms with Gasteiger partial charge in [0.15, 0.2) is 0 Å². The average Bonchev–Trinajstić information content (AvgIpc) is 2.64. The van der Waals surface area contributed by atoms with Gasteiger partial charge in [0.25, 0.3) is 5.91 Å². The molecular weight excluding hydrogens is 289 g/mol. The molecule has 1 fully saturated rings. The van der Waals surface area contributed by atoms with Crippen LogP contribution in [-0.2, 0) is 0 Å². The number of likely N-dealkylation sites (N-methyl/N-ethyl adjacent to an activating group) is 1. The molecule has 0 unspecified atom stereocenters. The molecule has 21 heavy (non-hydrogen) atoms. The molecule has 2 aromatic rings. The number of nitrogen functional groups attached to an aromatic ring is 1. The third-order valence-corrected chi connectivity index (χ3v) is 5.06. The first kappa shape index (κ1) is 14.3. The molecule has 0 aliphatic carbocycles. The van der Waals surface area contributed by atoms with E-state index in [4.69, 9.17) is 5.73 Å². The molecule has 1 aromatic carbocycles. The molecule has 1 aliphatic heterocycles. The highest BCUT2D eigenvalue weighted by atomic mass is 32.1. The molecule has 1 aliphatic rings. The van der Waals surface area contributed by atoms with Crippen molar-refractivity contribution >= 4 is 33.0 Å². The van der Waals surface area contributed by atoms with Crippen LogP contribution < -0.4 is 5.73 Å². The summed E-state index contributed by atoms with van der Waals surface area (Å²) in [6, 6.07) is 4.47. The van der Waals surface area contributed by atoms with Gasteiger partial charge in [-0.2, -0.15) is 0 Å². The van der Waals surface area contributed by atoms with Crippen molar-refractivity contribution in [2.75, 3.05) is 39.0 Å². The van der Waals surface area contributed by atoms with Crippen LogP contribution in [-0.4, -0.2) is 48.9 Å². The summed E-state index contributed by atoms with van der Waals surface area (Å²) in [6.07, 6.45) is 0.960. The summed E-state index contributed by atoms with van der Waals surface area (Å²) in [5.41, 5.74) is 6.47. The SMILES string of the molecule is CN1CCCN(C(=O)c2sc3ccc(F)cc3c2N)CC1. The van der Waals surface area contributed by atoms with E-state index in [-0.39, 0.29) is 11.7 Å². The first-order valence-corrected chi connectivity index (χ1v) is 7.83. The quantitative estimate of drug-likeness (QED) is 0.880. The number of hydrogen-bond acceptors (Lipinski definition) is 4. The van der Waals surface area contributed by atoms with E-state index in [0.717, 1.165) is 30.8 Å². The number of carbonyl (C=O) groups excluding carboxylic acids is 1. The highest BCUT2D eigenvalue weighted by Gasteiger charge is 2.23. The largest absolute Gasteiger partial charge is 0.397 e. The predicted octanol–water partition coefficient (Wildman–Crippen LogP) is 2.40. The van der Waals surface area contributed by atoms with Gasteiger partial charge in [0.05, 0.1) is 5.69 Å². The first-order valence-electron chi connectivity index (χ1n) is 7.01. The molecule has 0 spiro atoms. The van der Waals surface area contributed by atoms with Crippen LogP contribution in [0, 0.1) is 5.82 Å². The Morgan fingerprint density at radius 2 is 2.10 bits per heavy atom. The van der Waals surface area contributed by atoms with Crippen LogP contribution in [0.25, 0.3) is 10.1 Å². The standard InChI is InChI=1S/C15H18FN3OS/c1-18-5-2-6-19(8-7-18)15(20)14-13(17)11-9-10(16)3-4-12(11)21-14/h3-4,9H,2,5-8,17H2,1H3. The van der Waals surface area contributed by atoms with Crippen molar-refractivity contribution in [2.24, 2.45) is 0 Å². The Morgan fingerprint density at radius 1 is 1.29 bits per heavy atom. The van der Waals surface area contributed by atoms with Crippen molar-refractivity contribution in [1.29, 1.82) is 0 Å². The number of hydrogen-bond donors (Lipinski definition) is 1. The Balaban J connectivity index is 1.92. The maximum atomic E-state index is 13.3. The molecule has 1 aromatic heterocycles. The number of fused-ring (bicyclic) bond motifs is 1. The van der Waals surface area contributed by atoms with Crippen LogP contribution in [0.2, 0.25) is 0 Å². The van der Waals surface area contributed by atoms with Crippen LogP contribution >= 0.6 is 11.3 Å². The summed E-state index contributed by atoms with van der Waals surface area (Å²) in [5, 5.41) is 0.635. The lowest BCUT2D eigenvalue weighted by Gasteiger charge is -2.20. The number of rotatable bonds is 1. The number of nitrogens with two attached hydrogens (primary N) is 1. The van der Waals surface area contributed by atoms with Crippen LogP contribution in [0.3, 0.4) is 0 Å². The van der Waals surface area contributed by atoms with Gasteiger partial charge < -0.3 is 15.5 Å². The minimum absolute atomic E-state index is 0.0376. The number of benzene rings is 1. The van der Waals surface area contributed by atoms with Gasteiger partial charge in [0.2, 0.25) is 0 Å². The lowest BCUT2D eigenvalue weighted by atomic mass is 10.2. The summed E-state index contributed by atoms with van der Waals surface area (Å²) >= 11 is 1.35. The lowest BCUT2D eigenvalue weighted by molar-refractivity contribution is 0.0768. The van der Waals surface area contributed by atoms with Crippen molar-refractivity contribution < 1.29 is 9.18 Å². The molecule has 4 nitrogen and oxygen atoms in total. The van der Waals surface area contributed by atoms with Crippen molar-refractivity contribution in [3.05, 3.63) is 28.9 Å². The fourth-order valence-electron chi connectivity index (χ4n) is 2.64. The van der Waals surface area contributed by atoms with Gasteiger partial charge >= 0.3 is 0 Å². The zero-order chi connectivity index (χ0) is 15.0. The van der Waals surface area contributed by atoms with E-state index >= 15 is 0 Å². The Bertz CT molecular complexity index is 685. The van der Waals surface area contributed by atoms with E-state index in [1.165, 1.54) is 23.5 Å². The topological polar surface area (TPSA) is 49.6 Å². The Hall–Kier alpha value is -1.66.